The minimum atomic E-state index is -0.530. The zero-order valence-corrected chi connectivity index (χ0v) is 22.3. The topological polar surface area (TPSA) is 77.9 Å². The molecule has 2 heterocycles. The van der Waals surface area contributed by atoms with Crippen LogP contribution in [0.5, 0.6) is 5.88 Å². The zero-order chi connectivity index (χ0) is 26.3. The minimum absolute atomic E-state index is 0.198. The summed E-state index contributed by atoms with van der Waals surface area (Å²) in [6.07, 6.45) is 6.21. The van der Waals surface area contributed by atoms with E-state index in [4.69, 9.17) is 19.3 Å². The number of carbonyl (C=O) groups is 1. The van der Waals surface area contributed by atoms with Crippen molar-refractivity contribution in [2.45, 2.75) is 77.0 Å². The van der Waals surface area contributed by atoms with Crippen LogP contribution in [0.4, 0.5) is 10.5 Å². The number of aromatic nitrogens is 2. The molecule has 38 heavy (non-hydrogen) atoms. The third kappa shape index (κ3) is 6.94. The lowest BCUT2D eigenvalue weighted by Gasteiger charge is -2.42. The summed E-state index contributed by atoms with van der Waals surface area (Å²) in [5.74, 6) is 0.406. The average molecular weight is 519 g/mol. The van der Waals surface area contributed by atoms with Crippen molar-refractivity contribution in [1.82, 2.24) is 14.7 Å². The number of benzene rings is 2. The lowest BCUT2D eigenvalue weighted by atomic mass is 9.89. The maximum atomic E-state index is 12.6. The van der Waals surface area contributed by atoms with E-state index in [1.165, 1.54) is 0 Å². The molecule has 0 radical (unpaired) electrons. The van der Waals surface area contributed by atoms with Crippen LogP contribution in [0.15, 0.2) is 66.9 Å². The van der Waals surface area contributed by atoms with Gasteiger partial charge in [-0.1, -0.05) is 60.7 Å². The van der Waals surface area contributed by atoms with Crippen molar-refractivity contribution < 1.29 is 19.0 Å². The summed E-state index contributed by atoms with van der Waals surface area (Å²) in [4.78, 5) is 15.2. The van der Waals surface area contributed by atoms with E-state index >= 15 is 0 Å². The lowest BCUT2D eigenvalue weighted by Crippen LogP contribution is -2.51. The van der Waals surface area contributed by atoms with Crippen molar-refractivity contribution in [2.75, 3.05) is 18.4 Å². The molecule has 202 valence electrons. The van der Waals surface area contributed by atoms with Crippen molar-refractivity contribution in [2.24, 2.45) is 0 Å². The van der Waals surface area contributed by atoms with Gasteiger partial charge in [-0.3, -0.25) is 14.9 Å². The molecule has 2 atom stereocenters. The minimum Gasteiger partial charge on any atom is -0.470 e. The molecule has 2 aromatic carbocycles. The average Bonchev–Trinajstić information content (AvgIpc) is 3.34. The van der Waals surface area contributed by atoms with Gasteiger partial charge in [-0.2, -0.15) is 0 Å². The molecule has 0 bridgehead atoms. The van der Waals surface area contributed by atoms with Crippen LogP contribution >= 0.6 is 0 Å². The van der Waals surface area contributed by atoms with Gasteiger partial charge in [-0.05, 0) is 50.7 Å². The van der Waals surface area contributed by atoms with Crippen LogP contribution in [0.1, 0.15) is 56.7 Å². The van der Waals surface area contributed by atoms with E-state index < -0.39 is 6.09 Å². The van der Waals surface area contributed by atoms with Gasteiger partial charge >= 0.3 is 6.09 Å². The monoisotopic (exact) mass is 518 g/mol. The highest BCUT2D eigenvalue weighted by Gasteiger charge is 2.32. The van der Waals surface area contributed by atoms with Crippen LogP contribution in [0.25, 0.3) is 0 Å². The number of amides is 1. The van der Waals surface area contributed by atoms with Gasteiger partial charge in [0.2, 0.25) is 0 Å². The molecule has 2 fully saturated rings. The highest BCUT2D eigenvalue weighted by atomic mass is 16.5. The van der Waals surface area contributed by atoms with Gasteiger partial charge in [0, 0.05) is 19.1 Å². The number of nitrogens with one attached hydrogen (secondary N) is 1. The highest BCUT2D eigenvalue weighted by Crippen LogP contribution is 2.35. The van der Waals surface area contributed by atoms with Crippen LogP contribution in [0.2, 0.25) is 0 Å². The molecule has 1 saturated heterocycles. The number of morpholine rings is 1. The molecule has 3 aromatic rings. The Morgan fingerprint density at radius 3 is 2.11 bits per heavy atom. The maximum Gasteiger partial charge on any atom is 0.412 e. The normalized spacial score (nSPS) is 24.1. The molecule has 1 amide bonds. The molecule has 5 rings (SSSR count). The Bertz CT molecular complexity index is 1150. The molecule has 2 aliphatic rings. The maximum absolute atomic E-state index is 12.6. The fraction of sp³-hybridized carbons (Fsp3) is 0.467. The second-order valence-electron chi connectivity index (χ2n) is 10.5. The van der Waals surface area contributed by atoms with E-state index in [0.717, 1.165) is 49.9 Å². The van der Waals surface area contributed by atoms with Gasteiger partial charge in [-0.25, -0.2) is 4.79 Å². The quantitative estimate of drug-likeness (QED) is 0.406. The van der Waals surface area contributed by atoms with E-state index in [2.05, 4.69) is 24.1 Å². The lowest BCUT2D eigenvalue weighted by molar-refractivity contribution is -0.0852. The third-order valence-corrected chi connectivity index (χ3v) is 7.37. The molecule has 1 aliphatic heterocycles. The SMILES string of the molecule is C[C@@H]1CN(C2CCC(n3cc(NC(=O)OCc4ccccc4)c(OCc4ccccc4)n3)CC2)C[C@H](C)O1. The van der Waals surface area contributed by atoms with Crippen LogP contribution in [0, 0.1) is 0 Å². The molecular weight excluding hydrogens is 480 g/mol. The predicted octanol–water partition coefficient (Wildman–Crippen LogP) is 5.80. The van der Waals surface area contributed by atoms with E-state index in [9.17, 15) is 4.79 Å². The Balaban J connectivity index is 1.23. The van der Waals surface area contributed by atoms with Crippen molar-refractivity contribution >= 4 is 11.8 Å². The van der Waals surface area contributed by atoms with Crippen LogP contribution in [0.3, 0.4) is 0 Å². The smallest absolute Gasteiger partial charge is 0.412 e. The predicted molar refractivity (Wildman–Crippen MR) is 146 cm³/mol. The van der Waals surface area contributed by atoms with Crippen LogP contribution in [-0.2, 0) is 22.7 Å². The largest absolute Gasteiger partial charge is 0.470 e. The summed E-state index contributed by atoms with van der Waals surface area (Å²) in [6, 6.07) is 20.4. The standard InChI is InChI=1S/C30H38N4O4/c1-22-17-33(18-23(2)38-22)26-13-15-27(16-14-26)34-19-28(29(32-34)36-20-24-9-5-3-6-10-24)31-30(35)37-21-25-11-7-4-8-12-25/h3-12,19,22-23,26-27H,13-18,20-21H2,1-2H3,(H,31,35)/t22-,23+,26?,27?. The molecule has 1 saturated carbocycles. The highest BCUT2D eigenvalue weighted by molar-refractivity contribution is 5.86. The molecule has 1 aliphatic carbocycles. The molecule has 1 N–H and O–H groups in total. The van der Waals surface area contributed by atoms with Crippen LogP contribution < -0.4 is 10.1 Å². The fourth-order valence-electron chi connectivity index (χ4n) is 5.55. The molecule has 8 heteroatoms. The first kappa shape index (κ1) is 26.3. The van der Waals surface area contributed by atoms with Gasteiger partial charge in [0.1, 0.15) is 18.9 Å². The first-order valence-electron chi connectivity index (χ1n) is 13.7. The van der Waals surface area contributed by atoms with Gasteiger partial charge in [0.15, 0.2) is 0 Å². The van der Waals surface area contributed by atoms with Crippen molar-refractivity contribution in [3.8, 4) is 5.88 Å². The molecule has 0 spiro atoms. The van der Waals surface area contributed by atoms with E-state index in [1.807, 2.05) is 71.5 Å². The molecule has 8 nitrogen and oxygen atoms in total. The molecule has 0 unspecified atom stereocenters. The van der Waals surface area contributed by atoms with Crippen molar-refractivity contribution in [1.29, 1.82) is 0 Å². The summed E-state index contributed by atoms with van der Waals surface area (Å²) in [5.41, 5.74) is 2.49. The summed E-state index contributed by atoms with van der Waals surface area (Å²) < 4.78 is 19.4. The zero-order valence-electron chi connectivity index (χ0n) is 22.3. The summed E-state index contributed by atoms with van der Waals surface area (Å²) in [6.45, 7) is 6.88. The number of carbonyl (C=O) groups excluding carboxylic acids is 1. The van der Waals surface area contributed by atoms with Crippen molar-refractivity contribution in [3.05, 3.63) is 78.0 Å². The van der Waals surface area contributed by atoms with Gasteiger partial charge in [0.05, 0.1) is 24.4 Å². The Hall–Kier alpha value is -3.36. The first-order chi connectivity index (χ1) is 18.5. The number of nitrogens with zero attached hydrogens (tertiary/aromatic N) is 3. The Kier molecular flexibility index (Phi) is 8.61. The molecular formula is C30H38N4O4. The number of hydrogen-bond donors (Lipinski definition) is 1. The van der Waals surface area contributed by atoms with E-state index in [1.54, 1.807) is 0 Å². The molecule has 1 aromatic heterocycles. The summed E-state index contributed by atoms with van der Waals surface area (Å²) >= 11 is 0. The third-order valence-electron chi connectivity index (χ3n) is 7.37. The van der Waals surface area contributed by atoms with Gasteiger partial charge in [-0.15, -0.1) is 5.10 Å². The van der Waals surface area contributed by atoms with E-state index in [-0.39, 0.29) is 24.9 Å². The number of rotatable bonds is 8. The fourth-order valence-corrected chi connectivity index (χ4v) is 5.55. The second kappa shape index (κ2) is 12.5. The van der Waals surface area contributed by atoms with E-state index in [0.29, 0.717) is 24.2 Å². The Labute approximate surface area is 224 Å². The summed E-state index contributed by atoms with van der Waals surface area (Å²) in [5, 5.41) is 7.63. The Morgan fingerprint density at radius 1 is 0.895 bits per heavy atom. The number of ether oxygens (including phenoxy) is 3. The van der Waals surface area contributed by atoms with Gasteiger partial charge in [0.25, 0.3) is 5.88 Å². The first-order valence-corrected chi connectivity index (χ1v) is 13.7. The summed E-state index contributed by atoms with van der Waals surface area (Å²) in [7, 11) is 0. The number of hydrogen-bond acceptors (Lipinski definition) is 6. The van der Waals surface area contributed by atoms with Crippen molar-refractivity contribution in [3.63, 3.8) is 0 Å². The Morgan fingerprint density at radius 2 is 1.47 bits per heavy atom. The van der Waals surface area contributed by atoms with Crippen LogP contribution in [-0.4, -0.2) is 52.1 Å². The number of anilines is 1. The van der Waals surface area contributed by atoms with Gasteiger partial charge < -0.3 is 14.2 Å². The second-order valence-corrected chi connectivity index (χ2v) is 10.5.